The van der Waals surface area contributed by atoms with Gasteiger partial charge in [-0.1, -0.05) is 6.07 Å². The lowest BCUT2D eigenvalue weighted by Gasteiger charge is -2.55. The van der Waals surface area contributed by atoms with Gasteiger partial charge in [0, 0.05) is 3.57 Å². The number of ether oxygens (including phenoxy) is 1. The Labute approximate surface area is 209 Å². The zero-order chi connectivity index (χ0) is 21.9. The van der Waals surface area contributed by atoms with Crippen molar-refractivity contribution in [2.24, 2.45) is 23.7 Å². The molecule has 164 valence electrons. The first-order chi connectivity index (χ1) is 14.7. The van der Waals surface area contributed by atoms with Crippen LogP contribution in [0.15, 0.2) is 41.3 Å². The number of benzene rings is 2. The number of halogens is 2. The molecule has 5 nitrogen and oxygen atoms in total. The summed E-state index contributed by atoms with van der Waals surface area (Å²) in [5, 5.41) is 0. The van der Waals surface area contributed by atoms with E-state index < -0.39 is 16.1 Å². The van der Waals surface area contributed by atoms with E-state index in [2.05, 4.69) is 45.2 Å². The molecule has 0 heterocycles. The van der Waals surface area contributed by atoms with Gasteiger partial charge in [-0.2, -0.15) is 0 Å². The van der Waals surface area contributed by atoms with Crippen LogP contribution in [0.3, 0.4) is 0 Å². The topological polar surface area (TPSA) is 83.5 Å². The van der Waals surface area contributed by atoms with Gasteiger partial charge in [0.05, 0.1) is 14.0 Å². The average molecular weight is 663 g/mol. The summed E-state index contributed by atoms with van der Waals surface area (Å²) in [5.74, 6) is 2.18. The first-order valence-electron chi connectivity index (χ1n) is 10.5. The van der Waals surface area contributed by atoms with Crippen molar-refractivity contribution >= 4 is 61.3 Å². The zero-order valence-corrected chi connectivity index (χ0v) is 21.7. The van der Waals surface area contributed by atoms with Crippen molar-refractivity contribution in [1.29, 1.82) is 0 Å². The monoisotopic (exact) mass is 663 g/mol. The van der Waals surface area contributed by atoms with Crippen LogP contribution in [0.25, 0.3) is 0 Å². The molecule has 4 aliphatic carbocycles. The van der Waals surface area contributed by atoms with Crippen LogP contribution < -0.4 is 4.74 Å². The Balaban J connectivity index is 1.52. The molecule has 0 atom stereocenters. The van der Waals surface area contributed by atoms with Gasteiger partial charge in [0.25, 0.3) is 0 Å². The lowest BCUT2D eigenvalue weighted by atomic mass is 9.50. The molecule has 4 saturated carbocycles. The number of esters is 1. The van der Waals surface area contributed by atoms with E-state index in [4.69, 9.17) is 4.74 Å². The predicted octanol–water partition coefficient (Wildman–Crippen LogP) is 5.56. The van der Waals surface area contributed by atoms with Gasteiger partial charge >= 0.3 is 5.97 Å². The second-order valence-electron chi connectivity index (χ2n) is 9.10. The summed E-state index contributed by atoms with van der Waals surface area (Å²) < 4.78 is 43.6. The molecule has 4 aliphatic rings. The Morgan fingerprint density at radius 2 is 1.61 bits per heavy atom. The molecule has 0 unspecified atom stereocenters. The van der Waals surface area contributed by atoms with Gasteiger partial charge in [0.15, 0.2) is 0 Å². The molecule has 6 rings (SSSR count). The van der Waals surface area contributed by atoms with Crippen molar-refractivity contribution in [2.45, 2.75) is 42.9 Å². The highest BCUT2D eigenvalue weighted by molar-refractivity contribution is 14.1. The van der Waals surface area contributed by atoms with Crippen molar-refractivity contribution in [3.63, 3.8) is 0 Å². The maximum atomic E-state index is 12.9. The van der Waals surface area contributed by atoms with Gasteiger partial charge in [0.2, 0.25) is 0 Å². The van der Waals surface area contributed by atoms with E-state index in [0.717, 1.165) is 44.7 Å². The molecule has 0 saturated heterocycles. The van der Waals surface area contributed by atoms with Crippen molar-refractivity contribution in [2.75, 3.05) is 0 Å². The fraction of sp³-hybridized carbons (Fsp3) is 0.435. The summed E-state index contributed by atoms with van der Waals surface area (Å²) in [7, 11) is -4.63. The minimum Gasteiger partial charge on any atom is -0.744 e. The SMILES string of the molecule is O=C(Oc1cccc(I)c1I)c1ccc(S(=O)(=O)[O-])c(C2C3CC4CC(C3)CC2C4)c1. The van der Waals surface area contributed by atoms with E-state index in [-0.39, 0.29) is 16.4 Å². The number of carbonyl (C=O) groups is 1. The molecule has 2 aromatic carbocycles. The number of rotatable bonds is 4. The lowest BCUT2D eigenvalue weighted by molar-refractivity contribution is -0.00373. The number of hydrogen-bond acceptors (Lipinski definition) is 5. The Hall–Kier alpha value is -0.720. The third-order valence-electron chi connectivity index (χ3n) is 7.22. The van der Waals surface area contributed by atoms with Gasteiger partial charge < -0.3 is 9.29 Å². The van der Waals surface area contributed by atoms with Crippen LogP contribution in [0, 0.1) is 30.8 Å². The summed E-state index contributed by atoms with van der Waals surface area (Å²) in [5.41, 5.74) is 0.807. The standard InChI is InChI=1S/C23H22I2O5S/c24-18-2-1-3-19(22(18)25)30-23(26)14-4-5-20(31(27,28)29)17(11-14)21-15-7-12-6-13(9-15)10-16(21)8-12/h1-5,11-13,15-16,21H,6-10H2,(H,27,28,29)/p-1. The normalized spacial score (nSPS) is 29.2. The summed E-state index contributed by atoms with van der Waals surface area (Å²) in [6.07, 6.45) is 5.64. The lowest BCUT2D eigenvalue weighted by Crippen LogP contribution is -2.44. The summed E-state index contributed by atoms with van der Waals surface area (Å²) >= 11 is 4.31. The zero-order valence-electron chi connectivity index (χ0n) is 16.6. The molecule has 0 radical (unpaired) electrons. The van der Waals surface area contributed by atoms with Crippen LogP contribution >= 0.6 is 45.2 Å². The number of hydrogen-bond donors (Lipinski definition) is 0. The summed E-state index contributed by atoms with van der Waals surface area (Å²) in [4.78, 5) is 12.7. The Kier molecular flexibility index (Phi) is 5.88. The molecular formula is C23H21I2O5S-. The van der Waals surface area contributed by atoms with Crippen LogP contribution in [0.1, 0.15) is 53.9 Å². The number of carbonyl (C=O) groups excluding carboxylic acids is 1. The second kappa shape index (κ2) is 8.25. The van der Waals surface area contributed by atoms with E-state index in [0.29, 0.717) is 23.1 Å². The maximum Gasteiger partial charge on any atom is 0.343 e. The van der Waals surface area contributed by atoms with E-state index in [1.54, 1.807) is 12.1 Å². The van der Waals surface area contributed by atoms with Gasteiger partial charge in [-0.25, -0.2) is 13.2 Å². The van der Waals surface area contributed by atoms with Crippen molar-refractivity contribution in [3.8, 4) is 5.75 Å². The van der Waals surface area contributed by atoms with E-state index in [9.17, 15) is 17.8 Å². The molecule has 4 fully saturated rings. The molecule has 0 aliphatic heterocycles. The smallest absolute Gasteiger partial charge is 0.343 e. The largest absolute Gasteiger partial charge is 0.744 e. The van der Waals surface area contributed by atoms with Gasteiger partial charge in [-0.15, -0.1) is 0 Å². The Morgan fingerprint density at radius 3 is 2.23 bits per heavy atom. The quantitative estimate of drug-likeness (QED) is 0.185. The second-order valence-corrected chi connectivity index (χ2v) is 12.7. The van der Waals surface area contributed by atoms with Crippen molar-refractivity contribution in [1.82, 2.24) is 0 Å². The first kappa shape index (κ1) is 22.1. The van der Waals surface area contributed by atoms with Gasteiger partial charge in [0.1, 0.15) is 15.9 Å². The minimum absolute atomic E-state index is 0.0251. The van der Waals surface area contributed by atoms with Crippen molar-refractivity contribution in [3.05, 3.63) is 54.7 Å². The maximum absolute atomic E-state index is 12.9. The fourth-order valence-corrected chi connectivity index (χ4v) is 7.98. The summed E-state index contributed by atoms with van der Waals surface area (Å²) in [6, 6.07) is 9.79. The van der Waals surface area contributed by atoms with Crippen LogP contribution in [-0.4, -0.2) is 18.9 Å². The molecule has 31 heavy (non-hydrogen) atoms. The first-order valence-corrected chi connectivity index (χ1v) is 14.0. The van der Waals surface area contributed by atoms with E-state index in [1.165, 1.54) is 18.6 Å². The molecule has 8 heteroatoms. The molecule has 0 aromatic heterocycles. The molecule has 2 aromatic rings. The van der Waals surface area contributed by atoms with Crippen LogP contribution in [0.5, 0.6) is 5.75 Å². The molecule has 0 N–H and O–H groups in total. The fourth-order valence-electron chi connectivity index (χ4n) is 6.32. The molecule has 0 amide bonds. The van der Waals surface area contributed by atoms with E-state index >= 15 is 0 Å². The summed E-state index contributed by atoms with van der Waals surface area (Å²) in [6.45, 7) is 0. The third kappa shape index (κ3) is 4.17. The molecule has 0 spiro atoms. The minimum atomic E-state index is -4.63. The Bertz CT molecular complexity index is 1130. The Morgan fingerprint density at radius 1 is 0.968 bits per heavy atom. The van der Waals surface area contributed by atoms with Crippen molar-refractivity contribution < 1.29 is 22.5 Å². The molecule has 4 bridgehead atoms. The van der Waals surface area contributed by atoms with Crippen LogP contribution in [0.2, 0.25) is 0 Å². The van der Waals surface area contributed by atoms with Crippen LogP contribution in [-0.2, 0) is 10.1 Å². The highest BCUT2D eigenvalue weighted by Gasteiger charge is 2.49. The highest BCUT2D eigenvalue weighted by atomic mass is 127. The van der Waals surface area contributed by atoms with Gasteiger partial charge in [-0.05, 0) is 143 Å². The van der Waals surface area contributed by atoms with E-state index in [1.807, 2.05) is 12.1 Å². The third-order valence-corrected chi connectivity index (χ3v) is 11.2. The predicted molar refractivity (Wildman–Crippen MR) is 131 cm³/mol. The van der Waals surface area contributed by atoms with Gasteiger partial charge in [-0.3, -0.25) is 0 Å². The molecular weight excluding hydrogens is 642 g/mol. The highest BCUT2D eigenvalue weighted by Crippen LogP contribution is 2.60. The van der Waals surface area contributed by atoms with Crippen LogP contribution in [0.4, 0.5) is 0 Å². The average Bonchev–Trinajstić information content (AvgIpc) is 2.70.